The second kappa shape index (κ2) is 11.3. The molecule has 0 spiro atoms. The fraction of sp³-hybridized carbons (Fsp3) is 0. The van der Waals surface area contributed by atoms with Crippen LogP contribution in [0.15, 0.2) is 108 Å². The largest absolute Gasteiger partial charge is 0.423 e. The van der Waals surface area contributed by atoms with Crippen molar-refractivity contribution in [1.82, 2.24) is 5.43 Å². The summed E-state index contributed by atoms with van der Waals surface area (Å²) in [6.45, 7) is 0. The number of hydrogen-bond donors (Lipinski definition) is 1. The van der Waals surface area contributed by atoms with E-state index in [-0.39, 0.29) is 17.1 Å². The molecule has 0 saturated carbocycles. The van der Waals surface area contributed by atoms with Gasteiger partial charge in [0.15, 0.2) is 0 Å². The molecule has 178 valence electrons. The van der Waals surface area contributed by atoms with E-state index in [4.69, 9.17) is 9.47 Å². The Morgan fingerprint density at radius 2 is 1.31 bits per heavy atom. The molecule has 0 radical (unpaired) electrons. The van der Waals surface area contributed by atoms with Crippen LogP contribution in [0.5, 0.6) is 11.5 Å². The van der Waals surface area contributed by atoms with Crippen LogP contribution >= 0.6 is 0 Å². The van der Waals surface area contributed by atoms with Gasteiger partial charge in [-0.05, 0) is 48.5 Å². The van der Waals surface area contributed by atoms with Gasteiger partial charge in [-0.2, -0.15) is 5.10 Å². The lowest BCUT2D eigenvalue weighted by molar-refractivity contribution is 0.0732. The molecule has 0 saturated heterocycles. The number of ether oxygens (including phenoxy) is 2. The van der Waals surface area contributed by atoms with Crippen molar-refractivity contribution < 1.29 is 28.2 Å². The zero-order chi connectivity index (χ0) is 25.3. The highest BCUT2D eigenvalue weighted by atomic mass is 19.1. The lowest BCUT2D eigenvalue weighted by Gasteiger charge is -2.10. The van der Waals surface area contributed by atoms with Gasteiger partial charge in [-0.3, -0.25) is 4.79 Å². The van der Waals surface area contributed by atoms with E-state index in [0.717, 1.165) is 6.07 Å². The van der Waals surface area contributed by atoms with E-state index in [9.17, 15) is 18.8 Å². The molecule has 0 aliphatic carbocycles. The summed E-state index contributed by atoms with van der Waals surface area (Å²) in [6, 6.07) is 26.5. The van der Waals surface area contributed by atoms with Gasteiger partial charge in [-0.15, -0.1) is 0 Å². The van der Waals surface area contributed by atoms with Crippen LogP contribution in [-0.4, -0.2) is 24.1 Å². The normalized spacial score (nSPS) is 10.6. The van der Waals surface area contributed by atoms with Gasteiger partial charge in [0.25, 0.3) is 5.91 Å². The van der Waals surface area contributed by atoms with Crippen LogP contribution in [0.3, 0.4) is 0 Å². The molecule has 0 atom stereocenters. The number of carbonyl (C=O) groups is 3. The van der Waals surface area contributed by atoms with Crippen molar-refractivity contribution in [3.63, 3.8) is 0 Å². The summed E-state index contributed by atoms with van der Waals surface area (Å²) in [5, 5.41) is 3.85. The van der Waals surface area contributed by atoms with Crippen LogP contribution in [0, 0.1) is 5.82 Å². The van der Waals surface area contributed by atoms with Crippen molar-refractivity contribution in [3.8, 4) is 11.5 Å². The zero-order valence-electron chi connectivity index (χ0n) is 18.8. The first-order valence-electron chi connectivity index (χ1n) is 10.8. The Labute approximate surface area is 205 Å². The third-order valence-corrected chi connectivity index (χ3v) is 4.91. The highest BCUT2D eigenvalue weighted by Crippen LogP contribution is 2.26. The van der Waals surface area contributed by atoms with E-state index in [0.29, 0.717) is 16.7 Å². The molecule has 0 bridgehead atoms. The van der Waals surface area contributed by atoms with E-state index in [1.54, 1.807) is 60.7 Å². The number of carbonyl (C=O) groups excluding carboxylic acids is 3. The summed E-state index contributed by atoms with van der Waals surface area (Å²) in [5.41, 5.74) is 3.01. The van der Waals surface area contributed by atoms with E-state index >= 15 is 0 Å². The minimum absolute atomic E-state index is 0.0334. The number of hydrogen-bond acceptors (Lipinski definition) is 6. The zero-order valence-corrected chi connectivity index (χ0v) is 18.8. The van der Waals surface area contributed by atoms with Gasteiger partial charge in [0, 0.05) is 11.6 Å². The molecule has 0 aliphatic rings. The molecule has 0 heterocycles. The minimum atomic E-state index is -0.749. The van der Waals surface area contributed by atoms with Gasteiger partial charge in [0.05, 0.1) is 22.9 Å². The maximum absolute atomic E-state index is 13.8. The highest BCUT2D eigenvalue weighted by Gasteiger charge is 2.15. The monoisotopic (exact) mass is 482 g/mol. The summed E-state index contributed by atoms with van der Waals surface area (Å²) in [6.07, 6.45) is 1.23. The molecule has 1 amide bonds. The van der Waals surface area contributed by atoms with Crippen molar-refractivity contribution >= 4 is 24.1 Å². The molecule has 36 heavy (non-hydrogen) atoms. The van der Waals surface area contributed by atoms with Gasteiger partial charge >= 0.3 is 11.9 Å². The fourth-order valence-electron chi connectivity index (χ4n) is 3.11. The van der Waals surface area contributed by atoms with Crippen molar-refractivity contribution in [2.75, 3.05) is 0 Å². The van der Waals surface area contributed by atoms with E-state index < -0.39 is 23.7 Å². The average Bonchev–Trinajstić information content (AvgIpc) is 2.91. The van der Waals surface area contributed by atoms with Crippen molar-refractivity contribution in [2.24, 2.45) is 5.10 Å². The molecule has 0 aliphatic heterocycles. The number of hydrazone groups is 1. The van der Waals surface area contributed by atoms with Crippen molar-refractivity contribution in [1.29, 1.82) is 0 Å². The number of amides is 1. The van der Waals surface area contributed by atoms with Crippen LogP contribution in [-0.2, 0) is 0 Å². The van der Waals surface area contributed by atoms with Gasteiger partial charge in [0.1, 0.15) is 17.3 Å². The standard InChI is InChI=1S/C28H19FN2O5/c29-24-14-8-7-13-23(24)26(32)31-30-18-21-15-16-22(35-27(33)19-9-3-1-4-10-19)17-25(21)36-28(34)20-11-5-2-6-12-20/h1-18H,(H,31,32). The predicted molar refractivity (Wildman–Crippen MR) is 131 cm³/mol. The molecule has 1 N–H and O–H groups in total. The fourth-order valence-corrected chi connectivity index (χ4v) is 3.11. The second-order valence-electron chi connectivity index (χ2n) is 7.39. The van der Waals surface area contributed by atoms with Gasteiger partial charge in [0.2, 0.25) is 0 Å². The lowest BCUT2D eigenvalue weighted by Crippen LogP contribution is -2.19. The number of nitrogens with one attached hydrogen (secondary N) is 1. The molecule has 0 unspecified atom stereocenters. The molecule has 0 aromatic heterocycles. The maximum Gasteiger partial charge on any atom is 0.343 e. The predicted octanol–water partition coefficient (Wildman–Crippen LogP) is 5.03. The van der Waals surface area contributed by atoms with E-state index in [1.807, 2.05) is 0 Å². The molecular formula is C28H19FN2O5. The maximum atomic E-state index is 13.8. The number of nitrogens with zero attached hydrogens (tertiary/aromatic N) is 1. The molecule has 4 rings (SSSR count). The van der Waals surface area contributed by atoms with Crippen LogP contribution in [0.25, 0.3) is 0 Å². The molecule has 7 nitrogen and oxygen atoms in total. The van der Waals surface area contributed by atoms with Crippen LogP contribution in [0.4, 0.5) is 4.39 Å². The lowest BCUT2D eigenvalue weighted by atomic mass is 10.2. The summed E-state index contributed by atoms with van der Waals surface area (Å²) >= 11 is 0. The van der Waals surface area contributed by atoms with E-state index in [1.165, 1.54) is 42.6 Å². The number of esters is 2. The van der Waals surface area contributed by atoms with Crippen LogP contribution < -0.4 is 14.9 Å². The Bertz CT molecular complexity index is 1420. The van der Waals surface area contributed by atoms with Crippen LogP contribution in [0.2, 0.25) is 0 Å². The van der Waals surface area contributed by atoms with Gasteiger partial charge in [-0.25, -0.2) is 19.4 Å². The molecule has 4 aromatic carbocycles. The first-order chi connectivity index (χ1) is 17.5. The molecule has 4 aromatic rings. The molecule has 0 fully saturated rings. The molecule has 8 heteroatoms. The third-order valence-electron chi connectivity index (χ3n) is 4.91. The minimum Gasteiger partial charge on any atom is -0.423 e. The summed E-state index contributed by atoms with van der Waals surface area (Å²) < 4.78 is 24.8. The second-order valence-corrected chi connectivity index (χ2v) is 7.39. The Morgan fingerprint density at radius 3 is 1.94 bits per heavy atom. The number of halogens is 1. The Hall–Kier alpha value is -5.11. The first-order valence-corrected chi connectivity index (χ1v) is 10.8. The summed E-state index contributed by atoms with van der Waals surface area (Å²) in [5.74, 6) is -2.51. The summed E-state index contributed by atoms with van der Waals surface area (Å²) in [4.78, 5) is 37.3. The summed E-state index contributed by atoms with van der Waals surface area (Å²) in [7, 11) is 0. The van der Waals surface area contributed by atoms with Crippen molar-refractivity contribution in [3.05, 3.63) is 131 Å². The van der Waals surface area contributed by atoms with Crippen molar-refractivity contribution in [2.45, 2.75) is 0 Å². The first kappa shape index (κ1) is 24.0. The van der Waals surface area contributed by atoms with Gasteiger partial charge < -0.3 is 9.47 Å². The highest BCUT2D eigenvalue weighted by molar-refractivity contribution is 5.96. The quantitative estimate of drug-likeness (QED) is 0.173. The van der Waals surface area contributed by atoms with E-state index in [2.05, 4.69) is 10.5 Å². The number of benzene rings is 4. The Balaban J connectivity index is 1.56. The SMILES string of the molecule is O=C(Oc1ccc(C=NNC(=O)c2ccccc2F)c(OC(=O)c2ccccc2)c1)c1ccccc1. The Morgan fingerprint density at radius 1 is 0.722 bits per heavy atom. The smallest absolute Gasteiger partial charge is 0.343 e. The number of rotatable bonds is 7. The third kappa shape index (κ3) is 6.06. The Kier molecular flexibility index (Phi) is 7.57. The molecular weight excluding hydrogens is 463 g/mol. The van der Waals surface area contributed by atoms with Gasteiger partial charge in [-0.1, -0.05) is 48.5 Å². The average molecular weight is 482 g/mol. The topological polar surface area (TPSA) is 94.1 Å². The van der Waals surface area contributed by atoms with Crippen LogP contribution in [0.1, 0.15) is 36.6 Å².